The fourth-order valence-corrected chi connectivity index (χ4v) is 0.764. The molecule has 0 atom stereocenters. The summed E-state index contributed by atoms with van der Waals surface area (Å²) >= 11 is 15.7. The zero-order valence-corrected chi connectivity index (χ0v) is 17.9. The molecule has 0 aromatic heterocycles. The van der Waals surface area contributed by atoms with Crippen LogP contribution in [0.3, 0.4) is 0 Å². The smallest absolute Gasteiger partial charge is 0.174 e. The van der Waals surface area contributed by atoms with Crippen LogP contribution in [-0.2, 0) is 31.5 Å². The number of carbonyl (C=O) groups is 3. The van der Waals surface area contributed by atoms with Gasteiger partial charge in [-0.3, -0.25) is 14.4 Å². The standard InChI is InChI=1S/3C5H7ClO2.Fe/c3*1-3(7)5(6)4(2)8;/h3*7H,1-2H3;/b3*5-3+;. The van der Waals surface area contributed by atoms with Crippen molar-refractivity contribution in [3.8, 4) is 0 Å². The van der Waals surface area contributed by atoms with Crippen molar-refractivity contribution in [3.05, 3.63) is 32.4 Å². The third-order valence-electron chi connectivity index (χ3n) is 1.88. The molecule has 0 spiro atoms. The number of ketones is 3. The summed E-state index contributed by atoms with van der Waals surface area (Å²) in [7, 11) is 0. The van der Waals surface area contributed by atoms with Crippen LogP contribution in [0.25, 0.3) is 0 Å². The van der Waals surface area contributed by atoms with Crippen LogP contribution in [0.5, 0.6) is 0 Å². The quantitative estimate of drug-likeness (QED) is 0.317. The Morgan fingerprint density at radius 2 is 0.640 bits per heavy atom. The van der Waals surface area contributed by atoms with Gasteiger partial charge in [-0.2, -0.15) is 0 Å². The van der Waals surface area contributed by atoms with E-state index in [0.717, 1.165) is 0 Å². The number of aliphatic hydroxyl groups excluding tert-OH is 3. The SMILES string of the molecule is CC(=O)/C(Cl)=C(/C)O.CC(=O)/C(Cl)=C(/C)O.CC(=O)/C(Cl)=C(/C)O.[Fe]. The fourth-order valence-electron chi connectivity index (χ4n) is 0.764. The Morgan fingerprint density at radius 1 is 0.520 bits per heavy atom. The second-order valence-electron chi connectivity index (χ2n) is 4.37. The maximum atomic E-state index is 10.2. The van der Waals surface area contributed by atoms with Crippen LogP contribution in [-0.4, -0.2) is 32.7 Å². The maximum Gasteiger partial charge on any atom is 0.174 e. The molecule has 0 aromatic carbocycles. The van der Waals surface area contributed by atoms with E-state index in [1.54, 1.807) is 0 Å². The third kappa shape index (κ3) is 19.2. The zero-order chi connectivity index (χ0) is 20.2. The van der Waals surface area contributed by atoms with Gasteiger partial charge in [-0.05, 0) is 20.8 Å². The monoisotopic (exact) mass is 458 g/mol. The summed E-state index contributed by atoms with van der Waals surface area (Å²) in [4.78, 5) is 30.7. The van der Waals surface area contributed by atoms with Crippen molar-refractivity contribution in [3.63, 3.8) is 0 Å². The predicted octanol–water partition coefficient (Wildman–Crippen LogP) is 4.81. The first kappa shape index (κ1) is 31.8. The first-order valence-corrected chi connectivity index (χ1v) is 7.48. The molecule has 25 heavy (non-hydrogen) atoms. The van der Waals surface area contributed by atoms with E-state index in [0.29, 0.717) is 0 Å². The molecule has 0 aliphatic rings. The van der Waals surface area contributed by atoms with E-state index in [1.807, 2.05) is 0 Å². The van der Waals surface area contributed by atoms with Crippen LogP contribution in [0.4, 0.5) is 0 Å². The van der Waals surface area contributed by atoms with Crippen LogP contribution >= 0.6 is 34.8 Å². The molecule has 0 aliphatic carbocycles. The van der Waals surface area contributed by atoms with Crippen LogP contribution in [0, 0.1) is 0 Å². The molecule has 10 heteroatoms. The minimum absolute atomic E-state index is 0. The predicted molar refractivity (Wildman–Crippen MR) is 95.6 cm³/mol. The minimum Gasteiger partial charge on any atom is -0.511 e. The number of aliphatic hydroxyl groups is 3. The number of allylic oxidation sites excluding steroid dienone is 6. The van der Waals surface area contributed by atoms with Crippen LogP contribution < -0.4 is 0 Å². The van der Waals surface area contributed by atoms with Gasteiger partial charge in [0.15, 0.2) is 17.3 Å². The Balaban J connectivity index is -0.000000130. The molecule has 6 nitrogen and oxygen atoms in total. The average molecular weight is 460 g/mol. The molecule has 0 heterocycles. The molecule has 0 rings (SSSR count). The molecule has 3 N–H and O–H groups in total. The molecule has 0 saturated heterocycles. The number of Topliss-reactive ketones (excluding diaryl/α,β-unsaturated/α-hetero) is 3. The zero-order valence-electron chi connectivity index (χ0n) is 14.6. The second kappa shape index (κ2) is 16.5. The van der Waals surface area contributed by atoms with E-state index in [1.165, 1.54) is 41.5 Å². The van der Waals surface area contributed by atoms with E-state index >= 15 is 0 Å². The largest absolute Gasteiger partial charge is 0.511 e. The van der Waals surface area contributed by atoms with E-state index in [2.05, 4.69) is 0 Å². The van der Waals surface area contributed by atoms with Gasteiger partial charge in [-0.15, -0.1) is 0 Å². The summed E-state index contributed by atoms with van der Waals surface area (Å²) < 4.78 is 0. The Kier molecular flexibility index (Phi) is 20.9. The summed E-state index contributed by atoms with van der Waals surface area (Å²) in [5.74, 6) is -1.32. The molecular weight excluding hydrogens is 438 g/mol. The van der Waals surface area contributed by atoms with Crippen LogP contribution in [0.1, 0.15) is 41.5 Å². The Hall–Kier alpha value is -0.981. The molecule has 146 valence electrons. The van der Waals surface area contributed by atoms with Crippen molar-refractivity contribution in [1.29, 1.82) is 0 Å². The van der Waals surface area contributed by atoms with Gasteiger partial charge < -0.3 is 15.3 Å². The molecule has 0 fully saturated rings. The van der Waals surface area contributed by atoms with Gasteiger partial charge in [0.05, 0.1) is 0 Å². The molecule has 0 amide bonds. The van der Waals surface area contributed by atoms with Gasteiger partial charge in [0.1, 0.15) is 32.4 Å². The summed E-state index contributed by atoms with van der Waals surface area (Å²) in [5.41, 5.74) is 0. The van der Waals surface area contributed by atoms with Gasteiger partial charge in [0, 0.05) is 37.8 Å². The number of rotatable bonds is 3. The van der Waals surface area contributed by atoms with E-state index < -0.39 is 0 Å². The third-order valence-corrected chi connectivity index (χ3v) is 3.50. The van der Waals surface area contributed by atoms with Gasteiger partial charge in [0.2, 0.25) is 0 Å². The van der Waals surface area contributed by atoms with Crippen LogP contribution in [0.15, 0.2) is 32.4 Å². The molecular formula is C15H21Cl3FeO6. The Morgan fingerprint density at radius 3 is 0.640 bits per heavy atom. The van der Waals surface area contributed by atoms with Crippen molar-refractivity contribution in [1.82, 2.24) is 0 Å². The molecule has 0 radical (unpaired) electrons. The van der Waals surface area contributed by atoms with Gasteiger partial charge in [-0.25, -0.2) is 0 Å². The van der Waals surface area contributed by atoms with Crippen molar-refractivity contribution >= 4 is 52.2 Å². The Labute approximate surface area is 172 Å². The number of halogens is 3. The molecule has 0 aliphatic heterocycles. The minimum atomic E-state index is -0.313. The van der Waals surface area contributed by atoms with Crippen LogP contribution in [0.2, 0.25) is 0 Å². The summed E-state index contributed by atoms with van der Waals surface area (Å²) in [6.45, 7) is 7.98. The summed E-state index contributed by atoms with van der Waals surface area (Å²) in [6, 6.07) is 0. The van der Waals surface area contributed by atoms with E-state index in [-0.39, 0.29) is 66.8 Å². The molecule has 0 bridgehead atoms. The van der Waals surface area contributed by atoms with Gasteiger partial charge >= 0.3 is 0 Å². The fraction of sp³-hybridized carbons (Fsp3) is 0.400. The summed E-state index contributed by atoms with van der Waals surface area (Å²) in [5, 5.41) is 25.3. The number of carbonyl (C=O) groups excluding carboxylic acids is 3. The first-order valence-electron chi connectivity index (χ1n) is 6.35. The summed E-state index contributed by atoms with van der Waals surface area (Å²) in [6.07, 6.45) is 0. The van der Waals surface area contributed by atoms with E-state index in [9.17, 15) is 14.4 Å². The average Bonchev–Trinajstić information content (AvgIpc) is 2.45. The molecule has 0 aromatic rings. The van der Waals surface area contributed by atoms with Gasteiger partial charge in [-0.1, -0.05) is 34.8 Å². The molecule has 0 saturated carbocycles. The second-order valence-corrected chi connectivity index (χ2v) is 5.50. The van der Waals surface area contributed by atoms with Crippen molar-refractivity contribution < 1.29 is 46.8 Å². The van der Waals surface area contributed by atoms with Crippen molar-refractivity contribution in [2.24, 2.45) is 0 Å². The number of hydrogen-bond donors (Lipinski definition) is 3. The van der Waals surface area contributed by atoms with E-state index in [4.69, 9.17) is 50.1 Å². The molecule has 0 unspecified atom stereocenters. The van der Waals surface area contributed by atoms with Gasteiger partial charge in [0.25, 0.3) is 0 Å². The van der Waals surface area contributed by atoms with Crippen molar-refractivity contribution in [2.45, 2.75) is 41.5 Å². The first-order chi connectivity index (χ1) is 10.7. The normalized spacial score (nSPS) is 12.4. The Bertz CT molecular complexity index is 487. The topological polar surface area (TPSA) is 112 Å². The number of hydrogen-bond acceptors (Lipinski definition) is 6. The van der Waals surface area contributed by atoms with Crippen molar-refractivity contribution in [2.75, 3.05) is 0 Å². The maximum absolute atomic E-state index is 10.2.